The number of aryl methyl sites for hydroxylation is 3. The normalized spacial score (nSPS) is 12.5. The Balaban J connectivity index is 2.23. The van der Waals surface area contributed by atoms with Crippen LogP contribution in [0, 0.1) is 20.8 Å². The zero-order valence-electron chi connectivity index (χ0n) is 10.6. The molecular formula is C13H17N3O. The van der Waals surface area contributed by atoms with E-state index in [1.165, 1.54) is 0 Å². The Morgan fingerprint density at radius 2 is 2.06 bits per heavy atom. The summed E-state index contributed by atoms with van der Waals surface area (Å²) in [6.07, 6.45) is 1.79. The predicted octanol–water partition coefficient (Wildman–Crippen LogP) is 3.17. The molecule has 2 aromatic heterocycles. The van der Waals surface area contributed by atoms with Crippen molar-refractivity contribution in [3.63, 3.8) is 0 Å². The summed E-state index contributed by atoms with van der Waals surface area (Å²) in [5.41, 5.74) is 3.16. The summed E-state index contributed by atoms with van der Waals surface area (Å²) in [7, 11) is 0. The first-order chi connectivity index (χ1) is 8.09. The number of anilines is 1. The van der Waals surface area contributed by atoms with Gasteiger partial charge in [0.05, 0.1) is 11.7 Å². The highest BCUT2D eigenvalue weighted by molar-refractivity contribution is 5.45. The van der Waals surface area contributed by atoms with E-state index in [2.05, 4.69) is 22.4 Å². The number of aromatic nitrogens is 2. The van der Waals surface area contributed by atoms with E-state index in [0.717, 1.165) is 28.4 Å². The van der Waals surface area contributed by atoms with E-state index in [1.54, 1.807) is 6.20 Å². The van der Waals surface area contributed by atoms with Crippen molar-refractivity contribution in [2.45, 2.75) is 33.7 Å². The predicted molar refractivity (Wildman–Crippen MR) is 67.0 cm³/mol. The van der Waals surface area contributed by atoms with E-state index in [0.29, 0.717) is 0 Å². The number of hydrogen-bond donors (Lipinski definition) is 1. The van der Waals surface area contributed by atoms with Gasteiger partial charge in [-0.05, 0) is 39.3 Å². The molecule has 4 nitrogen and oxygen atoms in total. The fourth-order valence-corrected chi connectivity index (χ4v) is 2.02. The molecule has 2 rings (SSSR count). The van der Waals surface area contributed by atoms with Gasteiger partial charge in [0.1, 0.15) is 11.6 Å². The first-order valence-corrected chi connectivity index (χ1v) is 5.70. The van der Waals surface area contributed by atoms with Gasteiger partial charge < -0.3 is 9.84 Å². The summed E-state index contributed by atoms with van der Waals surface area (Å²) < 4.78 is 5.17. The average molecular weight is 231 g/mol. The van der Waals surface area contributed by atoms with Crippen molar-refractivity contribution in [1.82, 2.24) is 10.1 Å². The van der Waals surface area contributed by atoms with Crippen molar-refractivity contribution in [3.05, 3.63) is 40.9 Å². The largest absolute Gasteiger partial charge is 0.363 e. The van der Waals surface area contributed by atoms with Crippen LogP contribution in [0.4, 0.5) is 5.82 Å². The zero-order valence-corrected chi connectivity index (χ0v) is 10.6. The van der Waals surface area contributed by atoms with Gasteiger partial charge in [-0.1, -0.05) is 11.2 Å². The van der Waals surface area contributed by atoms with Crippen LogP contribution in [0.15, 0.2) is 22.9 Å². The summed E-state index contributed by atoms with van der Waals surface area (Å²) in [6.45, 7) is 8.00. The number of nitrogens with zero attached hydrogens (tertiary/aromatic N) is 2. The summed E-state index contributed by atoms with van der Waals surface area (Å²) in [5, 5.41) is 7.35. The quantitative estimate of drug-likeness (QED) is 0.881. The SMILES string of the molecule is Cc1cccnc1NC(C)c1c(C)noc1C. The lowest BCUT2D eigenvalue weighted by atomic mass is 10.1. The Bertz CT molecular complexity index is 500. The van der Waals surface area contributed by atoms with Gasteiger partial charge in [-0.2, -0.15) is 0 Å². The van der Waals surface area contributed by atoms with Gasteiger partial charge >= 0.3 is 0 Å². The molecule has 2 aromatic rings. The third-order valence-corrected chi connectivity index (χ3v) is 2.88. The van der Waals surface area contributed by atoms with Crippen molar-refractivity contribution in [3.8, 4) is 0 Å². The third-order valence-electron chi connectivity index (χ3n) is 2.88. The summed E-state index contributed by atoms with van der Waals surface area (Å²) in [6, 6.07) is 4.10. The highest BCUT2D eigenvalue weighted by atomic mass is 16.5. The maximum Gasteiger partial charge on any atom is 0.139 e. The molecule has 0 bridgehead atoms. The van der Waals surface area contributed by atoms with Gasteiger partial charge in [0.2, 0.25) is 0 Å². The lowest BCUT2D eigenvalue weighted by Gasteiger charge is -2.15. The zero-order chi connectivity index (χ0) is 12.4. The maximum atomic E-state index is 5.17. The van der Waals surface area contributed by atoms with Crippen LogP contribution in [0.2, 0.25) is 0 Å². The Morgan fingerprint density at radius 3 is 2.65 bits per heavy atom. The van der Waals surface area contributed by atoms with Crippen LogP contribution in [-0.4, -0.2) is 10.1 Å². The van der Waals surface area contributed by atoms with Gasteiger partial charge in [-0.15, -0.1) is 0 Å². The van der Waals surface area contributed by atoms with E-state index in [1.807, 2.05) is 32.9 Å². The van der Waals surface area contributed by atoms with E-state index in [-0.39, 0.29) is 6.04 Å². The lowest BCUT2D eigenvalue weighted by Crippen LogP contribution is -2.10. The van der Waals surface area contributed by atoms with Crippen LogP contribution < -0.4 is 5.32 Å². The van der Waals surface area contributed by atoms with Crippen LogP contribution in [0.3, 0.4) is 0 Å². The third kappa shape index (κ3) is 2.30. The number of pyridine rings is 1. The molecule has 0 aromatic carbocycles. The van der Waals surface area contributed by atoms with Crippen molar-refractivity contribution in [2.24, 2.45) is 0 Å². The molecule has 0 radical (unpaired) electrons. The molecule has 4 heteroatoms. The van der Waals surface area contributed by atoms with Crippen molar-refractivity contribution in [1.29, 1.82) is 0 Å². The maximum absolute atomic E-state index is 5.17. The molecule has 1 atom stereocenters. The number of nitrogens with one attached hydrogen (secondary N) is 1. The van der Waals surface area contributed by atoms with Gasteiger partial charge in [0, 0.05) is 11.8 Å². The van der Waals surface area contributed by atoms with Crippen molar-refractivity contribution in [2.75, 3.05) is 5.32 Å². The standard InChI is InChI=1S/C13H17N3O/c1-8-6-5-7-14-13(8)15-9(2)12-10(3)16-17-11(12)4/h5-7,9H,1-4H3,(H,14,15). The Morgan fingerprint density at radius 1 is 1.29 bits per heavy atom. The Kier molecular flexibility index (Phi) is 3.13. The average Bonchev–Trinajstić information content (AvgIpc) is 2.62. The highest BCUT2D eigenvalue weighted by Gasteiger charge is 2.16. The van der Waals surface area contributed by atoms with Gasteiger partial charge in [0.15, 0.2) is 0 Å². The summed E-state index contributed by atoms with van der Waals surface area (Å²) >= 11 is 0. The van der Waals surface area contributed by atoms with E-state index < -0.39 is 0 Å². The molecule has 0 fully saturated rings. The number of rotatable bonds is 3. The van der Waals surface area contributed by atoms with Crippen LogP contribution in [0.5, 0.6) is 0 Å². The van der Waals surface area contributed by atoms with Crippen molar-refractivity contribution >= 4 is 5.82 Å². The second kappa shape index (κ2) is 4.57. The summed E-state index contributed by atoms with van der Waals surface area (Å²) in [5.74, 6) is 1.76. The minimum Gasteiger partial charge on any atom is -0.363 e. The molecule has 17 heavy (non-hydrogen) atoms. The van der Waals surface area contributed by atoms with Crippen molar-refractivity contribution < 1.29 is 4.52 Å². The van der Waals surface area contributed by atoms with Gasteiger partial charge in [-0.3, -0.25) is 0 Å². The molecule has 0 spiro atoms. The van der Waals surface area contributed by atoms with Gasteiger partial charge in [0.25, 0.3) is 0 Å². The van der Waals surface area contributed by atoms with Gasteiger partial charge in [-0.25, -0.2) is 4.98 Å². The monoisotopic (exact) mass is 231 g/mol. The van der Waals surface area contributed by atoms with E-state index in [4.69, 9.17) is 4.52 Å². The van der Waals surface area contributed by atoms with Crippen LogP contribution in [0.25, 0.3) is 0 Å². The molecule has 0 aliphatic heterocycles. The minimum atomic E-state index is 0.134. The molecule has 1 unspecified atom stereocenters. The second-order valence-electron chi connectivity index (χ2n) is 4.27. The van der Waals surface area contributed by atoms with Crippen LogP contribution in [0.1, 0.15) is 35.5 Å². The smallest absolute Gasteiger partial charge is 0.139 e. The Hall–Kier alpha value is -1.84. The topological polar surface area (TPSA) is 51.0 Å². The molecule has 1 N–H and O–H groups in total. The molecule has 0 amide bonds. The second-order valence-corrected chi connectivity index (χ2v) is 4.27. The molecule has 90 valence electrons. The lowest BCUT2D eigenvalue weighted by molar-refractivity contribution is 0.392. The fourth-order valence-electron chi connectivity index (χ4n) is 2.02. The molecule has 2 heterocycles. The van der Waals surface area contributed by atoms with E-state index >= 15 is 0 Å². The number of hydrogen-bond acceptors (Lipinski definition) is 4. The first-order valence-electron chi connectivity index (χ1n) is 5.70. The molecule has 0 aliphatic carbocycles. The first kappa shape index (κ1) is 11.6. The molecule has 0 aliphatic rings. The Labute approximate surface area is 101 Å². The highest BCUT2D eigenvalue weighted by Crippen LogP contribution is 2.25. The minimum absolute atomic E-state index is 0.134. The molecular weight excluding hydrogens is 214 g/mol. The van der Waals surface area contributed by atoms with E-state index in [9.17, 15) is 0 Å². The summed E-state index contributed by atoms with van der Waals surface area (Å²) in [4.78, 5) is 4.33. The molecule has 0 saturated heterocycles. The fraction of sp³-hybridized carbons (Fsp3) is 0.385. The van der Waals surface area contributed by atoms with Crippen LogP contribution in [-0.2, 0) is 0 Å². The molecule has 0 saturated carbocycles. The van der Waals surface area contributed by atoms with Crippen LogP contribution >= 0.6 is 0 Å².